The Morgan fingerprint density at radius 1 is 0.421 bits per heavy atom. The van der Waals surface area contributed by atoms with Gasteiger partial charge in [0.15, 0.2) is 17.5 Å². The third-order valence-electron chi connectivity index (χ3n) is 10.5. The molecule has 0 saturated carbocycles. The molecule has 0 N–H and O–H groups in total. The third-order valence-corrected chi connectivity index (χ3v) is 11.7. The molecular formula is C51H29N3O2S. The molecule has 0 bridgehead atoms. The predicted molar refractivity (Wildman–Crippen MR) is 234 cm³/mol. The molecule has 0 aliphatic rings. The number of hydrogen-bond acceptors (Lipinski definition) is 6. The van der Waals surface area contributed by atoms with Gasteiger partial charge in [-0.25, -0.2) is 15.0 Å². The molecule has 4 aromatic heterocycles. The van der Waals surface area contributed by atoms with Crippen molar-refractivity contribution < 1.29 is 17.1 Å². The van der Waals surface area contributed by atoms with Gasteiger partial charge in [-0.3, -0.25) is 0 Å². The summed E-state index contributed by atoms with van der Waals surface area (Å²) in [6.07, 6.45) is 0. The minimum Gasteiger partial charge on any atom is -0.456 e. The Kier molecular flexibility index (Phi) is 5.82. The van der Waals surface area contributed by atoms with Gasteiger partial charge in [-0.2, -0.15) is 0 Å². The van der Waals surface area contributed by atoms with E-state index in [0.29, 0.717) is 44.9 Å². The molecule has 5 nitrogen and oxygen atoms in total. The number of para-hydroxylation sites is 3. The van der Waals surface area contributed by atoms with Crippen LogP contribution in [0.5, 0.6) is 0 Å². The molecule has 0 radical (unpaired) electrons. The highest BCUT2D eigenvalue weighted by atomic mass is 32.1. The number of hydrogen-bond donors (Lipinski definition) is 0. The molecule has 4 heterocycles. The van der Waals surface area contributed by atoms with Gasteiger partial charge in [-0.1, -0.05) is 145 Å². The molecule has 0 aliphatic heterocycles. The number of aromatic nitrogens is 3. The molecule has 12 aromatic rings. The number of fused-ring (bicyclic) bond motifs is 9. The molecule has 0 spiro atoms. The summed E-state index contributed by atoms with van der Waals surface area (Å²) in [5.74, 6) is 0.693. The van der Waals surface area contributed by atoms with E-state index in [2.05, 4.69) is 24.3 Å². The highest BCUT2D eigenvalue weighted by molar-refractivity contribution is 7.26. The van der Waals surface area contributed by atoms with E-state index in [1.807, 2.05) is 115 Å². The van der Waals surface area contributed by atoms with E-state index < -0.39 is 6.04 Å². The number of nitrogens with zero attached hydrogens (tertiary/aromatic N) is 3. The lowest BCUT2D eigenvalue weighted by molar-refractivity contribution is 0.669. The van der Waals surface area contributed by atoms with E-state index in [-0.39, 0.29) is 69.1 Å². The molecular weight excluding hydrogens is 719 g/mol. The zero-order chi connectivity index (χ0) is 42.7. The lowest BCUT2D eigenvalue weighted by Gasteiger charge is -2.10. The highest BCUT2D eigenvalue weighted by Gasteiger charge is 2.23. The van der Waals surface area contributed by atoms with Crippen LogP contribution < -0.4 is 0 Å². The standard InChI is InChI=1S/C51H29N3O2S/c1-3-14-30(15-4-1)49-52-50(31-16-5-2-6-17-31)54-51(53-49)40-25-13-22-36-35-21-12-23-37(46(35)56-47(36)40)41-28-32(29-43-45(41)39-19-7-9-26-42(39)55-43)33-20-11-24-38-34-18-8-10-27-44(34)57-48(33)38/h1-29H/i12D,13D,21D,22D,23D,25D. The Labute approximate surface area is 338 Å². The van der Waals surface area contributed by atoms with Crippen molar-refractivity contribution in [3.63, 3.8) is 0 Å². The van der Waals surface area contributed by atoms with Crippen LogP contribution in [0.1, 0.15) is 8.22 Å². The van der Waals surface area contributed by atoms with Crippen LogP contribution >= 0.6 is 11.3 Å². The van der Waals surface area contributed by atoms with Crippen LogP contribution in [0.2, 0.25) is 0 Å². The van der Waals surface area contributed by atoms with Gasteiger partial charge < -0.3 is 8.83 Å². The quantitative estimate of drug-likeness (QED) is 0.175. The maximum absolute atomic E-state index is 9.60. The zero-order valence-corrected chi connectivity index (χ0v) is 30.7. The fourth-order valence-corrected chi connectivity index (χ4v) is 9.14. The SMILES string of the molecule is [2H]c1c([2H])c([2H])c2c(oc3c(-c4cc(-c5cccc6c5sc5ccccc56)cc5oc6ccccc6c45)c([2H])c([2H])c([2H])c32)c1-c1nc(-c2ccccc2)nc(-c2ccccc2)n1. The van der Waals surface area contributed by atoms with Crippen LogP contribution in [0, 0.1) is 0 Å². The molecule has 0 saturated heterocycles. The van der Waals surface area contributed by atoms with Gasteiger partial charge in [0.25, 0.3) is 0 Å². The first kappa shape index (κ1) is 26.4. The van der Waals surface area contributed by atoms with Gasteiger partial charge >= 0.3 is 0 Å². The summed E-state index contributed by atoms with van der Waals surface area (Å²) in [5.41, 5.74) is 5.22. The average Bonchev–Trinajstić information content (AvgIpc) is 4.02. The first-order valence-corrected chi connectivity index (χ1v) is 19.3. The molecule has 57 heavy (non-hydrogen) atoms. The molecule has 6 heteroatoms. The van der Waals surface area contributed by atoms with Crippen LogP contribution in [0.4, 0.5) is 0 Å². The van der Waals surface area contributed by atoms with Gasteiger partial charge in [0.2, 0.25) is 0 Å². The van der Waals surface area contributed by atoms with Crippen molar-refractivity contribution in [2.24, 2.45) is 0 Å². The second kappa shape index (κ2) is 12.6. The maximum Gasteiger partial charge on any atom is 0.167 e. The van der Waals surface area contributed by atoms with E-state index in [1.54, 1.807) is 11.3 Å². The topological polar surface area (TPSA) is 65.0 Å². The first-order chi connectivity index (χ1) is 30.7. The summed E-state index contributed by atoms with van der Waals surface area (Å²) < 4.78 is 71.6. The summed E-state index contributed by atoms with van der Waals surface area (Å²) in [7, 11) is 0. The lowest BCUT2D eigenvalue weighted by Crippen LogP contribution is -2.00. The van der Waals surface area contributed by atoms with Crippen LogP contribution in [0.15, 0.2) is 185 Å². The zero-order valence-electron chi connectivity index (χ0n) is 35.8. The number of thiophene rings is 1. The van der Waals surface area contributed by atoms with Crippen molar-refractivity contribution in [3.8, 4) is 56.4 Å². The summed E-state index contributed by atoms with van der Waals surface area (Å²) in [6, 6.07) is 42.8. The smallest absolute Gasteiger partial charge is 0.167 e. The lowest BCUT2D eigenvalue weighted by atomic mass is 9.93. The molecule has 12 rings (SSSR count). The fraction of sp³-hybridized carbons (Fsp3) is 0. The Balaban J connectivity index is 1.20. The number of benzene rings is 8. The van der Waals surface area contributed by atoms with E-state index in [1.165, 1.54) is 0 Å². The van der Waals surface area contributed by atoms with E-state index in [0.717, 1.165) is 36.7 Å². The van der Waals surface area contributed by atoms with Crippen molar-refractivity contribution in [2.75, 3.05) is 0 Å². The normalized spacial score (nSPS) is 13.3. The predicted octanol–water partition coefficient (Wildman–Crippen LogP) is 14.4. The summed E-state index contributed by atoms with van der Waals surface area (Å²) in [6.45, 7) is 0. The molecule has 0 fully saturated rings. The van der Waals surface area contributed by atoms with Crippen molar-refractivity contribution >= 4 is 75.4 Å². The van der Waals surface area contributed by atoms with Gasteiger partial charge in [0.05, 0.1) is 13.8 Å². The van der Waals surface area contributed by atoms with Crippen molar-refractivity contribution in [1.82, 2.24) is 15.0 Å². The molecule has 266 valence electrons. The van der Waals surface area contributed by atoms with E-state index in [4.69, 9.17) is 25.2 Å². The first-order valence-electron chi connectivity index (χ1n) is 21.4. The van der Waals surface area contributed by atoms with Crippen molar-refractivity contribution in [2.45, 2.75) is 0 Å². The molecule has 0 amide bonds. The molecule has 8 aromatic carbocycles. The minimum atomic E-state index is -0.424. The van der Waals surface area contributed by atoms with Crippen LogP contribution in [-0.4, -0.2) is 15.0 Å². The van der Waals surface area contributed by atoms with Gasteiger partial charge in [-0.15, -0.1) is 11.3 Å². The fourth-order valence-electron chi connectivity index (χ4n) is 7.90. The molecule has 0 aliphatic carbocycles. The summed E-state index contributed by atoms with van der Waals surface area (Å²) in [4.78, 5) is 14.5. The van der Waals surface area contributed by atoms with E-state index in [9.17, 15) is 6.85 Å². The van der Waals surface area contributed by atoms with Crippen molar-refractivity contribution in [3.05, 3.63) is 176 Å². The summed E-state index contributed by atoms with van der Waals surface area (Å²) in [5, 5.41) is 3.89. The average molecular weight is 754 g/mol. The van der Waals surface area contributed by atoms with Gasteiger partial charge in [-0.05, 0) is 47.0 Å². The van der Waals surface area contributed by atoms with E-state index >= 15 is 0 Å². The second-order valence-electron chi connectivity index (χ2n) is 13.8. The van der Waals surface area contributed by atoms with Crippen LogP contribution in [0.25, 0.3) is 120 Å². The Morgan fingerprint density at radius 2 is 1.04 bits per heavy atom. The van der Waals surface area contributed by atoms with Crippen LogP contribution in [0.3, 0.4) is 0 Å². The summed E-state index contributed by atoms with van der Waals surface area (Å²) >= 11 is 1.70. The second-order valence-corrected chi connectivity index (χ2v) is 14.9. The number of furan rings is 2. The molecule has 0 atom stereocenters. The van der Waals surface area contributed by atoms with Crippen molar-refractivity contribution in [1.29, 1.82) is 0 Å². The van der Waals surface area contributed by atoms with Gasteiger partial charge in [0.1, 0.15) is 22.3 Å². The minimum absolute atomic E-state index is 0.000494. The Bertz CT molecular complexity index is 3830. The van der Waals surface area contributed by atoms with Crippen LogP contribution in [-0.2, 0) is 0 Å². The number of rotatable bonds is 5. The molecule has 0 unspecified atom stereocenters. The third kappa shape index (κ3) is 5.04. The Morgan fingerprint density at radius 3 is 1.79 bits per heavy atom. The largest absolute Gasteiger partial charge is 0.456 e. The van der Waals surface area contributed by atoms with Gasteiger partial charge in [0, 0.05) is 58.4 Å². The maximum atomic E-state index is 9.60. The monoisotopic (exact) mass is 753 g/mol. The highest BCUT2D eigenvalue weighted by Crippen LogP contribution is 2.47. The Hall–Kier alpha value is -7.41.